The summed E-state index contributed by atoms with van der Waals surface area (Å²) in [6.45, 7) is 0. The minimum absolute atomic E-state index is 1.30. The fourth-order valence-electron chi connectivity index (χ4n) is 1.24. The molecule has 0 rings (SSSR count). The molecule has 0 radical (unpaired) electrons. The minimum atomic E-state index is -8.19. The lowest BCUT2D eigenvalue weighted by molar-refractivity contribution is -0.553. The Labute approximate surface area is 167 Å². The standard InChI is InChI=1S/C9HF17O6S/c10-1(11)2(12)30-7(21,22)3(13,5(15,16)17)31-8(23,24)4(14,6(18,19)20)32-9(25,26)33(27,28)29/h(H,27,28,29)/p-1. The highest BCUT2D eigenvalue weighted by molar-refractivity contribution is 7.86. The Hall–Kier alpha value is -1.82. The van der Waals surface area contributed by atoms with Gasteiger partial charge < -0.3 is 9.29 Å². The van der Waals surface area contributed by atoms with Crippen molar-refractivity contribution in [1.29, 1.82) is 0 Å². The van der Waals surface area contributed by atoms with E-state index in [9.17, 15) is 87.6 Å². The number of ether oxygens (including phenoxy) is 3. The van der Waals surface area contributed by atoms with Gasteiger partial charge in [-0.1, -0.05) is 0 Å². The lowest BCUT2D eigenvalue weighted by Crippen LogP contribution is -2.68. The molecule has 2 unspecified atom stereocenters. The zero-order valence-electron chi connectivity index (χ0n) is 13.8. The van der Waals surface area contributed by atoms with Gasteiger partial charge in [0.15, 0.2) is 10.1 Å². The first-order chi connectivity index (χ1) is 14.0. The SMILES string of the molecule is O=S(=O)([O-])C(F)(F)OC(F)(C(F)(F)F)C(F)(F)OC(F)(C(F)(F)F)C(F)(F)OC(F)=C(F)F. The van der Waals surface area contributed by atoms with Crippen molar-refractivity contribution >= 4 is 10.1 Å². The second kappa shape index (κ2) is 8.44. The lowest BCUT2D eigenvalue weighted by Gasteiger charge is -2.40. The predicted molar refractivity (Wildman–Crippen MR) is 57.9 cm³/mol. The van der Waals surface area contributed by atoms with Crippen molar-refractivity contribution in [2.45, 2.75) is 41.7 Å². The monoisotopic (exact) mass is 559 g/mol. The molecule has 0 aromatic carbocycles. The van der Waals surface area contributed by atoms with Crippen molar-refractivity contribution in [3.8, 4) is 0 Å². The summed E-state index contributed by atoms with van der Waals surface area (Å²) in [5.74, 6) is -16.1. The van der Waals surface area contributed by atoms with Crippen LogP contribution in [0.2, 0.25) is 0 Å². The van der Waals surface area contributed by atoms with Gasteiger partial charge in [-0.3, -0.25) is 9.47 Å². The van der Waals surface area contributed by atoms with Gasteiger partial charge in [-0.25, -0.2) is 8.42 Å². The molecule has 0 fully saturated rings. The molecule has 0 aliphatic heterocycles. The fourth-order valence-corrected chi connectivity index (χ4v) is 1.46. The average molecular weight is 559 g/mol. The Morgan fingerprint density at radius 3 is 1.21 bits per heavy atom. The van der Waals surface area contributed by atoms with Crippen LogP contribution in [-0.4, -0.2) is 54.7 Å². The Morgan fingerprint density at radius 1 is 0.606 bits per heavy atom. The highest BCUT2D eigenvalue weighted by Crippen LogP contribution is 2.56. The van der Waals surface area contributed by atoms with Gasteiger partial charge in [0.2, 0.25) is 0 Å². The third-order valence-corrected chi connectivity index (χ3v) is 3.33. The maximum atomic E-state index is 13.7. The summed E-state index contributed by atoms with van der Waals surface area (Å²) in [5.41, 5.74) is -7.27. The van der Waals surface area contributed by atoms with Gasteiger partial charge in [0, 0.05) is 0 Å². The minimum Gasteiger partial charge on any atom is -0.741 e. The molecule has 33 heavy (non-hydrogen) atoms. The molecule has 2 atom stereocenters. The van der Waals surface area contributed by atoms with Crippen LogP contribution in [0, 0.1) is 0 Å². The molecule has 0 bridgehead atoms. The highest BCUT2D eigenvalue weighted by atomic mass is 32.2. The molecule has 0 aromatic rings. The fraction of sp³-hybridized carbons (Fsp3) is 0.778. The van der Waals surface area contributed by atoms with E-state index in [2.05, 4.69) is 0 Å². The van der Waals surface area contributed by atoms with Crippen LogP contribution in [0.4, 0.5) is 74.6 Å². The topological polar surface area (TPSA) is 84.9 Å². The first-order valence-corrected chi connectivity index (χ1v) is 7.80. The van der Waals surface area contributed by atoms with Gasteiger partial charge in [-0.2, -0.15) is 74.6 Å². The molecule has 0 spiro atoms. The van der Waals surface area contributed by atoms with Crippen LogP contribution in [0.25, 0.3) is 0 Å². The van der Waals surface area contributed by atoms with E-state index in [1.807, 2.05) is 0 Å². The molecule has 0 saturated heterocycles. The normalized spacial score (nSPS) is 18.4. The van der Waals surface area contributed by atoms with E-state index in [1.165, 1.54) is 9.47 Å². The number of alkyl halides is 14. The number of hydrogen-bond acceptors (Lipinski definition) is 6. The van der Waals surface area contributed by atoms with Crippen molar-refractivity contribution in [2.24, 2.45) is 0 Å². The number of hydrogen-bond donors (Lipinski definition) is 0. The summed E-state index contributed by atoms with van der Waals surface area (Å²) in [6, 6.07) is -4.18. The predicted octanol–water partition coefficient (Wildman–Crippen LogP) is 4.81. The molecule has 0 aromatic heterocycles. The molecule has 6 nitrogen and oxygen atoms in total. The Kier molecular flexibility index (Phi) is 7.97. The summed E-state index contributed by atoms with van der Waals surface area (Å²) >= 11 is 0. The molecule has 0 saturated carbocycles. The van der Waals surface area contributed by atoms with E-state index in [0.29, 0.717) is 0 Å². The second-order valence-corrected chi connectivity index (χ2v) is 6.36. The Balaban J connectivity index is 6.89. The van der Waals surface area contributed by atoms with Crippen LogP contribution in [-0.2, 0) is 24.3 Å². The van der Waals surface area contributed by atoms with E-state index in [0.717, 1.165) is 0 Å². The molecule has 198 valence electrons. The van der Waals surface area contributed by atoms with E-state index in [1.54, 1.807) is 4.74 Å². The lowest BCUT2D eigenvalue weighted by atomic mass is 10.2. The van der Waals surface area contributed by atoms with Crippen LogP contribution < -0.4 is 0 Å². The summed E-state index contributed by atoms with van der Waals surface area (Å²) in [7, 11) is -7.74. The van der Waals surface area contributed by atoms with Crippen molar-refractivity contribution in [1.82, 2.24) is 0 Å². The third-order valence-electron chi connectivity index (χ3n) is 2.66. The molecule has 0 aliphatic rings. The van der Waals surface area contributed by atoms with Crippen LogP contribution in [0.15, 0.2) is 12.1 Å². The summed E-state index contributed by atoms with van der Waals surface area (Å²) in [4.78, 5) is 0. The van der Waals surface area contributed by atoms with E-state index in [-0.39, 0.29) is 0 Å². The zero-order valence-corrected chi connectivity index (χ0v) is 14.6. The average Bonchev–Trinajstić information content (AvgIpc) is 2.49. The van der Waals surface area contributed by atoms with E-state index in [4.69, 9.17) is 0 Å². The highest BCUT2D eigenvalue weighted by Gasteiger charge is 2.85. The van der Waals surface area contributed by atoms with Crippen molar-refractivity contribution in [3.05, 3.63) is 12.1 Å². The van der Waals surface area contributed by atoms with Crippen LogP contribution in [0.5, 0.6) is 0 Å². The maximum absolute atomic E-state index is 13.7. The molecule has 0 aliphatic carbocycles. The summed E-state index contributed by atoms with van der Waals surface area (Å²) in [5, 5.41) is 0. The van der Waals surface area contributed by atoms with E-state index < -0.39 is 63.9 Å². The van der Waals surface area contributed by atoms with Gasteiger partial charge in [0.1, 0.15) is 0 Å². The summed E-state index contributed by atoms with van der Waals surface area (Å²) < 4.78 is 252. The number of halogens is 17. The van der Waals surface area contributed by atoms with Gasteiger partial charge in [0.25, 0.3) is 0 Å². The van der Waals surface area contributed by atoms with Gasteiger partial charge in [-0.15, -0.1) is 0 Å². The quantitative estimate of drug-likeness (QED) is 0.229. The van der Waals surface area contributed by atoms with Crippen LogP contribution in [0.3, 0.4) is 0 Å². The van der Waals surface area contributed by atoms with E-state index >= 15 is 0 Å². The first-order valence-electron chi connectivity index (χ1n) is 6.39. The Bertz CT molecular complexity index is 857. The summed E-state index contributed by atoms with van der Waals surface area (Å²) in [6.07, 6.45) is -35.8. The van der Waals surface area contributed by atoms with Crippen LogP contribution in [0.1, 0.15) is 0 Å². The van der Waals surface area contributed by atoms with Crippen molar-refractivity contribution in [3.63, 3.8) is 0 Å². The van der Waals surface area contributed by atoms with Gasteiger partial charge in [0.05, 0.1) is 0 Å². The van der Waals surface area contributed by atoms with Gasteiger partial charge in [-0.05, 0) is 0 Å². The maximum Gasteiger partial charge on any atom is 0.471 e. The molecule has 24 heteroatoms. The molecule has 0 heterocycles. The molecular weight excluding hydrogens is 559 g/mol. The Morgan fingerprint density at radius 2 is 0.939 bits per heavy atom. The molecule has 0 N–H and O–H groups in total. The largest absolute Gasteiger partial charge is 0.741 e. The molecular formula is C9F17O6S-. The van der Waals surface area contributed by atoms with Crippen molar-refractivity contribution in [2.75, 3.05) is 0 Å². The smallest absolute Gasteiger partial charge is 0.471 e. The number of rotatable bonds is 9. The van der Waals surface area contributed by atoms with Crippen LogP contribution >= 0.6 is 0 Å². The molecule has 0 amide bonds. The third kappa shape index (κ3) is 5.82. The first kappa shape index (κ1) is 31.2. The van der Waals surface area contributed by atoms with Crippen molar-refractivity contribution < 1.29 is 102 Å². The van der Waals surface area contributed by atoms with Gasteiger partial charge >= 0.3 is 53.8 Å². The second-order valence-electron chi connectivity index (χ2n) is 4.98. The zero-order chi connectivity index (χ0) is 27.3.